The maximum atomic E-state index is 12.5. The fourth-order valence-electron chi connectivity index (χ4n) is 1.88. The van der Waals surface area contributed by atoms with Crippen LogP contribution in [-0.4, -0.2) is 34.0 Å². The summed E-state index contributed by atoms with van der Waals surface area (Å²) in [7, 11) is 0. The van der Waals surface area contributed by atoms with Gasteiger partial charge in [0.25, 0.3) is 5.91 Å². The lowest BCUT2D eigenvalue weighted by atomic mass is 10.00. The van der Waals surface area contributed by atoms with Crippen molar-refractivity contribution in [1.82, 2.24) is 4.90 Å². The van der Waals surface area contributed by atoms with Crippen molar-refractivity contribution in [3.8, 4) is 0 Å². The molecule has 1 aromatic carbocycles. The number of carbonyl (C=O) groups is 2. The zero-order valence-corrected chi connectivity index (χ0v) is 12.3. The maximum Gasteiger partial charge on any atom is 0.329 e. The largest absolute Gasteiger partial charge is 0.480 e. The molecule has 1 aromatic rings. The fraction of sp³-hybridized carbons (Fsp3) is 0.429. The van der Waals surface area contributed by atoms with Gasteiger partial charge in [-0.1, -0.05) is 17.7 Å². The number of amides is 1. The molecule has 4 nitrogen and oxygen atoms in total. The normalized spacial score (nSPS) is 11.2. The van der Waals surface area contributed by atoms with Gasteiger partial charge in [-0.2, -0.15) is 0 Å². The van der Waals surface area contributed by atoms with Crippen molar-refractivity contribution >= 4 is 23.5 Å². The summed E-state index contributed by atoms with van der Waals surface area (Å²) in [6.07, 6.45) is 0. The molecule has 1 N–H and O–H groups in total. The molecule has 0 fully saturated rings. The van der Waals surface area contributed by atoms with Crippen LogP contribution in [0.3, 0.4) is 0 Å². The average molecular weight is 284 g/mol. The first-order valence-electron chi connectivity index (χ1n) is 6.03. The van der Waals surface area contributed by atoms with Crippen LogP contribution in [0, 0.1) is 6.92 Å². The number of halogens is 1. The first-order valence-corrected chi connectivity index (χ1v) is 6.41. The van der Waals surface area contributed by atoms with E-state index in [9.17, 15) is 14.7 Å². The number of benzene rings is 1. The van der Waals surface area contributed by atoms with Gasteiger partial charge in [0.15, 0.2) is 0 Å². The summed E-state index contributed by atoms with van der Waals surface area (Å²) in [5.74, 6) is -1.36. The van der Waals surface area contributed by atoms with Gasteiger partial charge in [0.2, 0.25) is 0 Å². The Balaban J connectivity index is 3.23. The lowest BCUT2D eigenvalue weighted by Gasteiger charge is -2.34. The number of carboxylic acid groups (broad SMARTS) is 1. The summed E-state index contributed by atoms with van der Waals surface area (Å²) >= 11 is 5.90. The molecular formula is C14H18ClNO3. The first kappa shape index (κ1) is 15.5. The molecule has 0 heterocycles. The van der Waals surface area contributed by atoms with Gasteiger partial charge in [0.05, 0.1) is 0 Å². The van der Waals surface area contributed by atoms with Gasteiger partial charge in [0.1, 0.15) is 5.54 Å². The van der Waals surface area contributed by atoms with Crippen LogP contribution in [0.1, 0.15) is 36.7 Å². The van der Waals surface area contributed by atoms with E-state index in [0.29, 0.717) is 17.1 Å². The Labute approximate surface area is 118 Å². The molecule has 0 saturated carbocycles. The Bertz CT molecular complexity index is 511. The summed E-state index contributed by atoms with van der Waals surface area (Å²) in [6, 6.07) is 5.02. The summed E-state index contributed by atoms with van der Waals surface area (Å²) < 4.78 is 0. The molecule has 0 unspecified atom stereocenters. The molecule has 0 aliphatic rings. The van der Waals surface area contributed by atoms with Gasteiger partial charge in [-0.05, 0) is 45.4 Å². The Kier molecular flexibility index (Phi) is 4.58. The van der Waals surface area contributed by atoms with E-state index in [4.69, 9.17) is 11.6 Å². The van der Waals surface area contributed by atoms with Crippen LogP contribution in [0.15, 0.2) is 18.2 Å². The molecule has 5 heteroatoms. The highest BCUT2D eigenvalue weighted by molar-refractivity contribution is 6.31. The standard InChI is InChI=1S/C14H18ClNO3/c1-5-16(14(3,4)13(18)19)12(17)11-8-10(15)7-6-9(11)2/h6-8H,5H2,1-4H3,(H,18,19). The van der Waals surface area contributed by atoms with E-state index in [2.05, 4.69) is 0 Å². The Morgan fingerprint density at radius 1 is 1.37 bits per heavy atom. The Hall–Kier alpha value is -1.55. The summed E-state index contributed by atoms with van der Waals surface area (Å²) in [5, 5.41) is 9.70. The quantitative estimate of drug-likeness (QED) is 0.924. The van der Waals surface area contributed by atoms with Crippen molar-refractivity contribution in [3.63, 3.8) is 0 Å². The summed E-state index contributed by atoms with van der Waals surface area (Å²) in [5.41, 5.74) is -0.0571. The van der Waals surface area contributed by atoms with Crippen LogP contribution in [0.25, 0.3) is 0 Å². The molecule has 0 aromatic heterocycles. The van der Waals surface area contributed by atoms with Crippen LogP contribution in [-0.2, 0) is 4.79 Å². The molecule has 0 atom stereocenters. The first-order chi connectivity index (χ1) is 8.71. The van der Waals surface area contributed by atoms with E-state index < -0.39 is 11.5 Å². The van der Waals surface area contributed by atoms with Crippen molar-refractivity contribution in [2.24, 2.45) is 0 Å². The minimum Gasteiger partial charge on any atom is -0.480 e. The molecule has 0 saturated heterocycles. The third-order valence-electron chi connectivity index (χ3n) is 3.19. The predicted molar refractivity (Wildman–Crippen MR) is 74.6 cm³/mol. The molecule has 1 amide bonds. The summed E-state index contributed by atoms with van der Waals surface area (Å²) in [4.78, 5) is 25.1. The van der Waals surface area contributed by atoms with Gasteiger partial charge >= 0.3 is 5.97 Å². The monoisotopic (exact) mass is 283 g/mol. The predicted octanol–water partition coefficient (Wildman–Crippen LogP) is 2.97. The van der Waals surface area contributed by atoms with Crippen molar-refractivity contribution in [3.05, 3.63) is 34.3 Å². The van der Waals surface area contributed by atoms with Crippen LogP contribution in [0.5, 0.6) is 0 Å². The SMILES string of the molecule is CCN(C(=O)c1cc(Cl)ccc1C)C(C)(C)C(=O)O. The minimum absolute atomic E-state index is 0.310. The van der Waals surface area contributed by atoms with Crippen LogP contribution in [0.2, 0.25) is 5.02 Å². The number of likely N-dealkylation sites (N-methyl/N-ethyl adjacent to an activating group) is 1. The number of hydrogen-bond acceptors (Lipinski definition) is 2. The Morgan fingerprint density at radius 2 is 1.95 bits per heavy atom. The van der Waals surface area contributed by atoms with Gasteiger partial charge in [-0.15, -0.1) is 0 Å². The minimum atomic E-state index is -1.26. The topological polar surface area (TPSA) is 57.6 Å². The number of carbonyl (C=O) groups excluding carboxylic acids is 1. The van der Waals surface area contributed by atoms with Gasteiger partial charge < -0.3 is 10.0 Å². The van der Waals surface area contributed by atoms with Crippen LogP contribution >= 0.6 is 11.6 Å². The number of aryl methyl sites for hydroxylation is 1. The maximum absolute atomic E-state index is 12.5. The zero-order chi connectivity index (χ0) is 14.8. The third kappa shape index (κ3) is 3.07. The molecule has 0 aliphatic carbocycles. The summed E-state index contributed by atoms with van der Waals surface area (Å²) in [6.45, 7) is 6.88. The lowest BCUT2D eigenvalue weighted by molar-refractivity contribution is -0.147. The number of rotatable bonds is 4. The number of carboxylic acids is 1. The zero-order valence-electron chi connectivity index (χ0n) is 11.5. The van der Waals surface area contributed by atoms with Crippen molar-refractivity contribution in [2.45, 2.75) is 33.2 Å². The highest BCUT2D eigenvalue weighted by Gasteiger charge is 2.37. The fourth-order valence-corrected chi connectivity index (χ4v) is 2.05. The number of hydrogen-bond donors (Lipinski definition) is 1. The second-order valence-corrected chi connectivity index (χ2v) is 5.31. The van der Waals surface area contributed by atoms with E-state index in [0.717, 1.165) is 5.56 Å². The van der Waals surface area contributed by atoms with Crippen LogP contribution in [0.4, 0.5) is 0 Å². The number of nitrogens with zero attached hydrogens (tertiary/aromatic N) is 1. The Morgan fingerprint density at radius 3 is 2.42 bits per heavy atom. The molecule has 19 heavy (non-hydrogen) atoms. The number of aliphatic carboxylic acids is 1. The van der Waals surface area contributed by atoms with Gasteiger partial charge in [-0.3, -0.25) is 4.79 Å². The lowest BCUT2D eigenvalue weighted by Crippen LogP contribution is -2.53. The van der Waals surface area contributed by atoms with Crippen LogP contribution < -0.4 is 0 Å². The van der Waals surface area contributed by atoms with Gasteiger partial charge in [-0.25, -0.2) is 4.79 Å². The smallest absolute Gasteiger partial charge is 0.329 e. The van der Waals surface area contributed by atoms with E-state index in [1.807, 2.05) is 0 Å². The highest BCUT2D eigenvalue weighted by atomic mass is 35.5. The van der Waals surface area contributed by atoms with Gasteiger partial charge in [0, 0.05) is 17.1 Å². The average Bonchev–Trinajstić information content (AvgIpc) is 2.32. The molecule has 0 spiro atoms. The van der Waals surface area contributed by atoms with Crippen molar-refractivity contribution < 1.29 is 14.7 Å². The molecular weight excluding hydrogens is 266 g/mol. The van der Waals surface area contributed by atoms with E-state index in [-0.39, 0.29) is 5.91 Å². The molecule has 0 aliphatic heterocycles. The van der Waals surface area contributed by atoms with Crippen molar-refractivity contribution in [2.75, 3.05) is 6.54 Å². The second kappa shape index (κ2) is 5.61. The van der Waals surface area contributed by atoms with E-state index in [1.165, 1.54) is 18.7 Å². The van der Waals surface area contributed by atoms with Crippen molar-refractivity contribution in [1.29, 1.82) is 0 Å². The third-order valence-corrected chi connectivity index (χ3v) is 3.42. The second-order valence-electron chi connectivity index (χ2n) is 4.87. The molecule has 1 rings (SSSR count). The molecule has 0 bridgehead atoms. The van der Waals surface area contributed by atoms with E-state index >= 15 is 0 Å². The molecule has 0 radical (unpaired) electrons. The molecule has 104 valence electrons. The van der Waals surface area contributed by atoms with E-state index in [1.54, 1.807) is 32.0 Å². The highest BCUT2D eigenvalue weighted by Crippen LogP contribution is 2.22.